The summed E-state index contributed by atoms with van der Waals surface area (Å²) in [6.45, 7) is 3.30. The maximum Gasteiger partial charge on any atom is 0.226 e. The van der Waals surface area contributed by atoms with E-state index in [4.69, 9.17) is 9.72 Å². The van der Waals surface area contributed by atoms with Crippen LogP contribution in [0.25, 0.3) is 16.6 Å². The van der Waals surface area contributed by atoms with Crippen molar-refractivity contribution in [2.75, 3.05) is 26.0 Å². The molecule has 0 saturated carbocycles. The molecule has 1 amide bonds. The highest BCUT2D eigenvalue weighted by molar-refractivity contribution is 5.93. The standard InChI is InChI=1S/C24H27FN6O2/c1-16-8-4-5-9-17(16)14-26-24-27-20-13-21(33-3)19(25)12-18(20)23-28-22(29-31(23)24)10-6-7-11-30(2)15-32/h4-5,8-9,12-13,15H,6-7,10-11,14H2,1-3H3,(H,26,27). The highest BCUT2D eigenvalue weighted by Gasteiger charge is 2.16. The number of carbonyl (C=O) groups excluding carboxylic acids is 1. The van der Waals surface area contributed by atoms with E-state index < -0.39 is 5.82 Å². The van der Waals surface area contributed by atoms with E-state index in [2.05, 4.69) is 34.5 Å². The minimum absolute atomic E-state index is 0.128. The molecule has 0 spiro atoms. The Labute approximate surface area is 191 Å². The number of aryl methyl sites for hydroxylation is 2. The number of ether oxygens (including phenoxy) is 1. The van der Waals surface area contributed by atoms with Crippen LogP contribution in [0.5, 0.6) is 5.75 Å². The molecule has 9 heteroatoms. The Kier molecular flexibility index (Phi) is 6.67. The van der Waals surface area contributed by atoms with Crippen molar-refractivity contribution < 1.29 is 13.9 Å². The zero-order valence-corrected chi connectivity index (χ0v) is 19.0. The molecule has 0 fully saturated rings. The Hall–Kier alpha value is -3.75. The summed E-state index contributed by atoms with van der Waals surface area (Å²) < 4.78 is 21.2. The van der Waals surface area contributed by atoms with Crippen molar-refractivity contribution in [3.63, 3.8) is 0 Å². The van der Waals surface area contributed by atoms with Gasteiger partial charge in [-0.25, -0.2) is 14.4 Å². The first-order valence-corrected chi connectivity index (χ1v) is 10.9. The van der Waals surface area contributed by atoms with E-state index in [1.54, 1.807) is 22.5 Å². The number of amides is 1. The lowest BCUT2D eigenvalue weighted by atomic mass is 10.1. The highest BCUT2D eigenvalue weighted by Crippen LogP contribution is 2.28. The second kappa shape index (κ2) is 9.81. The van der Waals surface area contributed by atoms with Crippen molar-refractivity contribution in [2.24, 2.45) is 0 Å². The minimum Gasteiger partial charge on any atom is -0.494 e. The van der Waals surface area contributed by atoms with Crippen LogP contribution in [0.15, 0.2) is 36.4 Å². The minimum atomic E-state index is -0.476. The molecule has 0 aliphatic heterocycles. The van der Waals surface area contributed by atoms with Crippen molar-refractivity contribution in [3.05, 3.63) is 59.2 Å². The van der Waals surface area contributed by atoms with Crippen LogP contribution in [-0.4, -0.2) is 51.6 Å². The molecule has 0 saturated heterocycles. The molecule has 0 bridgehead atoms. The second-order valence-corrected chi connectivity index (χ2v) is 8.03. The number of hydrogen-bond donors (Lipinski definition) is 1. The number of methoxy groups -OCH3 is 1. The summed E-state index contributed by atoms with van der Waals surface area (Å²) in [4.78, 5) is 21.7. The summed E-state index contributed by atoms with van der Waals surface area (Å²) in [6, 6.07) is 11.1. The van der Waals surface area contributed by atoms with E-state index in [0.717, 1.165) is 24.8 Å². The van der Waals surface area contributed by atoms with Crippen molar-refractivity contribution >= 4 is 28.9 Å². The zero-order valence-electron chi connectivity index (χ0n) is 19.0. The van der Waals surface area contributed by atoms with Crippen LogP contribution < -0.4 is 10.1 Å². The van der Waals surface area contributed by atoms with Gasteiger partial charge in [0.05, 0.1) is 12.6 Å². The molecule has 2 heterocycles. The number of halogens is 1. The van der Waals surface area contributed by atoms with Gasteiger partial charge in [0, 0.05) is 38.0 Å². The predicted molar refractivity (Wildman–Crippen MR) is 125 cm³/mol. The Morgan fingerprint density at radius 3 is 2.79 bits per heavy atom. The Bertz CT molecular complexity index is 1290. The molecule has 2 aromatic carbocycles. The first-order chi connectivity index (χ1) is 16.0. The average Bonchev–Trinajstić information content (AvgIpc) is 3.25. The lowest BCUT2D eigenvalue weighted by molar-refractivity contribution is -0.117. The van der Waals surface area contributed by atoms with E-state index in [-0.39, 0.29) is 5.75 Å². The number of hydrogen-bond acceptors (Lipinski definition) is 6. The molecule has 0 unspecified atom stereocenters. The van der Waals surface area contributed by atoms with E-state index >= 15 is 0 Å². The van der Waals surface area contributed by atoms with Gasteiger partial charge in [0.2, 0.25) is 12.4 Å². The summed E-state index contributed by atoms with van der Waals surface area (Å²) in [5.41, 5.74) is 3.42. The van der Waals surface area contributed by atoms with Crippen molar-refractivity contribution in [1.82, 2.24) is 24.5 Å². The van der Waals surface area contributed by atoms with Gasteiger partial charge in [0.1, 0.15) is 0 Å². The zero-order chi connectivity index (χ0) is 23.4. The van der Waals surface area contributed by atoms with Crippen LogP contribution in [0.2, 0.25) is 0 Å². The van der Waals surface area contributed by atoms with E-state index in [1.165, 1.54) is 18.7 Å². The molecule has 33 heavy (non-hydrogen) atoms. The Morgan fingerprint density at radius 2 is 2.03 bits per heavy atom. The molecular formula is C24H27FN6O2. The first-order valence-electron chi connectivity index (χ1n) is 10.9. The van der Waals surface area contributed by atoms with Crippen LogP contribution in [-0.2, 0) is 17.8 Å². The van der Waals surface area contributed by atoms with E-state index in [9.17, 15) is 9.18 Å². The van der Waals surface area contributed by atoms with Crippen LogP contribution in [0.4, 0.5) is 10.3 Å². The fourth-order valence-corrected chi connectivity index (χ4v) is 3.71. The molecule has 2 aromatic heterocycles. The monoisotopic (exact) mass is 450 g/mol. The quantitative estimate of drug-likeness (QED) is 0.293. The molecule has 0 radical (unpaired) electrons. The summed E-state index contributed by atoms with van der Waals surface area (Å²) in [7, 11) is 3.18. The van der Waals surface area contributed by atoms with Gasteiger partial charge >= 0.3 is 0 Å². The fraction of sp³-hybridized carbons (Fsp3) is 0.333. The third-order valence-corrected chi connectivity index (χ3v) is 5.63. The summed E-state index contributed by atoms with van der Waals surface area (Å²) in [5, 5.41) is 8.58. The highest BCUT2D eigenvalue weighted by atomic mass is 19.1. The van der Waals surface area contributed by atoms with Gasteiger partial charge in [-0.2, -0.15) is 4.52 Å². The molecule has 1 N–H and O–H groups in total. The Balaban J connectivity index is 1.69. The molecule has 0 aliphatic rings. The van der Waals surface area contributed by atoms with Gasteiger partial charge in [0.15, 0.2) is 23.0 Å². The topological polar surface area (TPSA) is 84.7 Å². The third kappa shape index (κ3) is 4.87. The van der Waals surface area contributed by atoms with E-state index in [0.29, 0.717) is 47.8 Å². The molecule has 0 atom stereocenters. The molecule has 0 aliphatic carbocycles. The van der Waals surface area contributed by atoms with Crippen LogP contribution >= 0.6 is 0 Å². The van der Waals surface area contributed by atoms with Gasteiger partial charge in [-0.3, -0.25) is 4.79 Å². The van der Waals surface area contributed by atoms with Gasteiger partial charge in [0.25, 0.3) is 0 Å². The van der Waals surface area contributed by atoms with Crippen molar-refractivity contribution in [1.29, 1.82) is 0 Å². The van der Waals surface area contributed by atoms with Crippen LogP contribution in [0, 0.1) is 12.7 Å². The Morgan fingerprint density at radius 1 is 1.21 bits per heavy atom. The maximum atomic E-state index is 14.5. The normalized spacial score (nSPS) is 11.2. The van der Waals surface area contributed by atoms with Gasteiger partial charge < -0.3 is 15.0 Å². The number of rotatable bonds is 10. The van der Waals surface area contributed by atoms with E-state index in [1.807, 2.05) is 12.1 Å². The molecular weight excluding hydrogens is 423 g/mol. The molecule has 4 aromatic rings. The van der Waals surface area contributed by atoms with Crippen molar-refractivity contribution in [3.8, 4) is 5.75 Å². The van der Waals surface area contributed by atoms with Crippen LogP contribution in [0.3, 0.4) is 0 Å². The molecule has 172 valence electrons. The summed E-state index contributed by atoms with van der Waals surface area (Å²) in [5.74, 6) is 0.820. The van der Waals surface area contributed by atoms with Gasteiger partial charge in [-0.1, -0.05) is 24.3 Å². The number of benzene rings is 2. The maximum absolute atomic E-state index is 14.5. The third-order valence-electron chi connectivity index (χ3n) is 5.63. The summed E-state index contributed by atoms with van der Waals surface area (Å²) in [6.07, 6.45) is 3.13. The van der Waals surface area contributed by atoms with Crippen LogP contribution in [0.1, 0.15) is 29.8 Å². The number of nitrogens with one attached hydrogen (secondary N) is 1. The lowest BCUT2D eigenvalue weighted by Gasteiger charge is -2.11. The number of aromatic nitrogens is 4. The number of carbonyl (C=O) groups is 1. The van der Waals surface area contributed by atoms with Gasteiger partial charge in [-0.05, 0) is 37.0 Å². The fourth-order valence-electron chi connectivity index (χ4n) is 3.71. The lowest BCUT2D eigenvalue weighted by Crippen LogP contribution is -2.17. The number of anilines is 1. The number of nitrogens with zero attached hydrogens (tertiary/aromatic N) is 5. The SMILES string of the molecule is COc1cc2nc(NCc3ccccc3C)n3nc(CCCCN(C)C=O)nc3c2cc1F. The first kappa shape index (κ1) is 22.4. The predicted octanol–water partition coefficient (Wildman–Crippen LogP) is 3.76. The largest absolute Gasteiger partial charge is 0.494 e. The second-order valence-electron chi connectivity index (χ2n) is 8.03. The summed E-state index contributed by atoms with van der Waals surface area (Å²) >= 11 is 0. The van der Waals surface area contributed by atoms with Crippen molar-refractivity contribution in [2.45, 2.75) is 32.7 Å². The molecule has 8 nitrogen and oxygen atoms in total. The molecule has 4 rings (SSSR count). The number of unbranched alkanes of at least 4 members (excludes halogenated alkanes) is 1. The average molecular weight is 451 g/mol. The number of fused-ring (bicyclic) bond motifs is 3. The smallest absolute Gasteiger partial charge is 0.226 e. The van der Waals surface area contributed by atoms with Gasteiger partial charge in [-0.15, -0.1) is 5.10 Å².